The molecule has 6 aliphatic rings. The van der Waals surface area contributed by atoms with E-state index in [1.54, 1.807) is 0 Å². The van der Waals surface area contributed by atoms with Crippen LogP contribution in [0.25, 0.3) is 0 Å². The van der Waals surface area contributed by atoms with Gasteiger partial charge >= 0.3 is 0 Å². The van der Waals surface area contributed by atoms with E-state index in [1.165, 1.54) is 13.8 Å². The third-order valence-electron chi connectivity index (χ3n) is 12.8. The quantitative estimate of drug-likeness (QED) is 0.0724. The fourth-order valence-corrected chi connectivity index (χ4v) is 8.80. The number of hydrogen-bond acceptors (Lipinski definition) is 29. The number of rotatable bonds is 15. The molecule has 0 saturated carbocycles. The summed E-state index contributed by atoms with van der Waals surface area (Å²) in [5, 5.41) is 184. The average molecular weight is 1000 g/mol. The molecular formula is C38H65NO29. The number of carbonyl (C=O) groups is 1. The average Bonchev–Trinajstić information content (AvgIpc) is 3.31. The van der Waals surface area contributed by atoms with E-state index >= 15 is 0 Å². The van der Waals surface area contributed by atoms with Gasteiger partial charge in [0.1, 0.15) is 134 Å². The van der Waals surface area contributed by atoms with E-state index in [0.717, 1.165) is 6.92 Å². The smallest absolute Gasteiger partial charge is 0.217 e. The van der Waals surface area contributed by atoms with Crippen molar-refractivity contribution in [3.05, 3.63) is 0 Å². The Morgan fingerprint density at radius 3 is 1.25 bits per heavy atom. The number of aliphatic hydroxyl groups excluding tert-OH is 17. The maximum atomic E-state index is 13.0. The van der Waals surface area contributed by atoms with Gasteiger partial charge in [0, 0.05) is 6.92 Å². The number of carbonyl (C=O) groups excluding carboxylic acids is 1. The Balaban J connectivity index is 1.33. The molecule has 1 amide bonds. The highest BCUT2D eigenvalue weighted by Gasteiger charge is 2.58. The van der Waals surface area contributed by atoms with Crippen LogP contribution in [0.4, 0.5) is 0 Å². The van der Waals surface area contributed by atoms with E-state index in [9.17, 15) is 91.6 Å². The highest BCUT2D eigenvalue weighted by Crippen LogP contribution is 2.38. The lowest BCUT2D eigenvalue weighted by atomic mass is 9.93. The SMILES string of the molecule is CC(=O)N[C@H]1[C@H](O[C@H]2[C@@H](O)[C@@H](CO)O[C@@H](O[C@H]3[C@H](O)[C@@H](O)C(O)O[C@@H]3CO)[C@@H]2O)O[C@H](CO)[C@@H](O[C@@H]2O[C@@H](C)[C@@H](O)[C@@H](O)[C@@H]2O)[C@@H]1O[C@@H]1O[C@H](CO)[C@H](O[C@@H]2O[C@@H](C)[C@@H](O)[C@@H](O)[C@@H]2O)[C@H](O)[C@H]1O. The molecule has 6 fully saturated rings. The maximum Gasteiger partial charge on any atom is 0.217 e. The summed E-state index contributed by atoms with van der Waals surface area (Å²) < 4.78 is 63.3. The van der Waals surface area contributed by atoms with Gasteiger partial charge in [0.25, 0.3) is 0 Å². The number of aliphatic hydroxyl groups is 17. The fourth-order valence-electron chi connectivity index (χ4n) is 8.80. The van der Waals surface area contributed by atoms with Crippen molar-refractivity contribution in [2.45, 2.75) is 205 Å². The fraction of sp³-hybridized carbons (Fsp3) is 0.974. The van der Waals surface area contributed by atoms with Gasteiger partial charge in [-0.05, 0) is 13.8 Å². The molecule has 0 radical (unpaired) electrons. The van der Waals surface area contributed by atoms with E-state index in [2.05, 4.69) is 5.32 Å². The summed E-state index contributed by atoms with van der Waals surface area (Å²) >= 11 is 0. The van der Waals surface area contributed by atoms with Gasteiger partial charge in [-0.3, -0.25) is 4.79 Å². The molecule has 30 atom stereocenters. The molecule has 30 nitrogen and oxygen atoms in total. The van der Waals surface area contributed by atoms with Gasteiger partial charge < -0.3 is 144 Å². The van der Waals surface area contributed by atoms with Crippen LogP contribution in [0.15, 0.2) is 0 Å². The van der Waals surface area contributed by atoms with Crippen LogP contribution in [0.1, 0.15) is 20.8 Å². The van der Waals surface area contributed by atoms with Crippen molar-refractivity contribution >= 4 is 5.91 Å². The second-order valence-electron chi connectivity index (χ2n) is 17.5. The number of hydrogen-bond donors (Lipinski definition) is 18. The monoisotopic (exact) mass is 999 g/mol. The number of nitrogens with one attached hydrogen (secondary N) is 1. The van der Waals surface area contributed by atoms with E-state index in [4.69, 9.17) is 52.1 Å². The highest BCUT2D eigenvalue weighted by molar-refractivity contribution is 5.73. The van der Waals surface area contributed by atoms with Crippen LogP contribution in [-0.4, -0.2) is 303 Å². The van der Waals surface area contributed by atoms with Crippen molar-refractivity contribution < 1.29 is 144 Å². The Labute approximate surface area is 386 Å². The molecule has 6 saturated heterocycles. The predicted molar refractivity (Wildman–Crippen MR) is 208 cm³/mol. The summed E-state index contributed by atoms with van der Waals surface area (Å²) in [5.41, 5.74) is 0. The largest absolute Gasteiger partial charge is 0.394 e. The van der Waals surface area contributed by atoms with Gasteiger partial charge in [0.05, 0.1) is 38.6 Å². The first-order valence-electron chi connectivity index (χ1n) is 21.8. The van der Waals surface area contributed by atoms with E-state index in [1.807, 2.05) is 0 Å². The first-order valence-corrected chi connectivity index (χ1v) is 21.8. The van der Waals surface area contributed by atoms with Crippen LogP contribution in [0.5, 0.6) is 0 Å². The molecule has 6 heterocycles. The Kier molecular flexibility index (Phi) is 19.2. The van der Waals surface area contributed by atoms with Crippen LogP contribution < -0.4 is 5.32 Å². The first-order chi connectivity index (χ1) is 32.1. The summed E-state index contributed by atoms with van der Waals surface area (Å²) in [6.45, 7) is -0.299. The molecule has 396 valence electrons. The molecule has 0 aromatic carbocycles. The summed E-state index contributed by atoms with van der Waals surface area (Å²) in [6.07, 6.45) is -53.2. The van der Waals surface area contributed by atoms with Crippen LogP contribution in [0, 0.1) is 0 Å². The Bertz CT molecular complexity index is 1590. The molecule has 0 spiro atoms. The lowest BCUT2D eigenvalue weighted by Gasteiger charge is -2.52. The molecule has 68 heavy (non-hydrogen) atoms. The van der Waals surface area contributed by atoms with Crippen molar-refractivity contribution in [2.24, 2.45) is 0 Å². The number of amides is 1. The normalized spacial score (nSPS) is 52.6. The van der Waals surface area contributed by atoms with Gasteiger partial charge in [-0.1, -0.05) is 0 Å². The van der Waals surface area contributed by atoms with Crippen LogP contribution in [0.2, 0.25) is 0 Å². The first kappa shape index (κ1) is 55.7. The maximum absolute atomic E-state index is 13.0. The lowest BCUT2D eigenvalue weighted by Crippen LogP contribution is -2.71. The van der Waals surface area contributed by atoms with Crippen molar-refractivity contribution in [2.75, 3.05) is 26.4 Å². The Morgan fingerprint density at radius 2 is 0.750 bits per heavy atom. The van der Waals surface area contributed by atoms with Gasteiger partial charge in [0.15, 0.2) is 37.7 Å². The molecule has 1 unspecified atom stereocenters. The third-order valence-corrected chi connectivity index (χ3v) is 12.8. The van der Waals surface area contributed by atoms with Crippen molar-refractivity contribution in [3.63, 3.8) is 0 Å². The molecule has 30 heteroatoms. The predicted octanol–water partition coefficient (Wildman–Crippen LogP) is -11.9. The minimum absolute atomic E-state index is 0.882. The summed E-state index contributed by atoms with van der Waals surface area (Å²) in [6, 6.07) is -1.83. The van der Waals surface area contributed by atoms with Gasteiger partial charge in [-0.25, -0.2) is 0 Å². The van der Waals surface area contributed by atoms with E-state index in [0.29, 0.717) is 0 Å². The summed E-state index contributed by atoms with van der Waals surface area (Å²) in [7, 11) is 0. The zero-order chi connectivity index (χ0) is 50.2. The Morgan fingerprint density at radius 1 is 0.382 bits per heavy atom. The molecule has 0 aromatic rings. The third kappa shape index (κ3) is 11.4. The molecule has 0 aliphatic carbocycles. The van der Waals surface area contributed by atoms with Crippen molar-refractivity contribution in [3.8, 4) is 0 Å². The molecule has 0 bridgehead atoms. The zero-order valence-electron chi connectivity index (χ0n) is 36.7. The van der Waals surface area contributed by atoms with Gasteiger partial charge in [-0.15, -0.1) is 0 Å². The van der Waals surface area contributed by atoms with Crippen LogP contribution >= 0.6 is 0 Å². The summed E-state index contributed by atoms with van der Waals surface area (Å²) in [4.78, 5) is 13.0. The molecule has 6 rings (SSSR count). The minimum Gasteiger partial charge on any atom is -0.394 e. The second kappa shape index (κ2) is 23.5. The molecule has 18 N–H and O–H groups in total. The van der Waals surface area contributed by atoms with Crippen LogP contribution in [0.3, 0.4) is 0 Å². The Hall–Kier alpha value is -1.65. The second-order valence-corrected chi connectivity index (χ2v) is 17.5. The molecule has 6 aliphatic heterocycles. The van der Waals surface area contributed by atoms with E-state index < -0.39 is 217 Å². The zero-order valence-corrected chi connectivity index (χ0v) is 36.7. The topological polar surface area (TPSA) is 475 Å². The number of ether oxygens (including phenoxy) is 11. The van der Waals surface area contributed by atoms with Crippen molar-refractivity contribution in [1.82, 2.24) is 5.32 Å². The lowest BCUT2D eigenvalue weighted by molar-refractivity contribution is -0.395. The van der Waals surface area contributed by atoms with E-state index in [-0.39, 0.29) is 0 Å². The molecule has 0 aromatic heterocycles. The minimum atomic E-state index is -2.21. The standard InChI is InChI=1S/C38H65NO29/c1-8-16(45)19(48)24(53)35(58-8)64-29-13(6-42)63-37(26(55)22(29)51)67-31-15(39-10(3)44)34(62-14(7-43)30(31)66-36-25(54)20(49)17(46)9(2)59-36)68-32-18(47)11(4-40)61-38(27(32)56)65-28-12(5-41)60-33(57)23(52)21(28)50/h8-9,11-38,40-43,45-57H,4-7H2,1-3H3,(H,39,44)/t8-,9-,11+,12+,13+,14+,15+,16+,17+,18-,19+,20+,21+,22+,23+,24-,25-,26+,27+,28+,29-,30+,31+,32-,33?,34-,35-,36-,37-,38-/m0/s1. The highest BCUT2D eigenvalue weighted by atomic mass is 16.8. The summed E-state index contributed by atoms with van der Waals surface area (Å²) in [5.74, 6) is -0.882. The van der Waals surface area contributed by atoms with Gasteiger partial charge in [-0.2, -0.15) is 0 Å². The van der Waals surface area contributed by atoms with Gasteiger partial charge in [0.2, 0.25) is 5.91 Å². The molecular weight excluding hydrogens is 934 g/mol. The van der Waals surface area contributed by atoms with Crippen molar-refractivity contribution in [1.29, 1.82) is 0 Å². The van der Waals surface area contributed by atoms with Crippen LogP contribution in [-0.2, 0) is 56.9 Å².